The van der Waals surface area contributed by atoms with E-state index in [0.29, 0.717) is 6.54 Å². The lowest BCUT2D eigenvalue weighted by atomic mass is 10.1. The van der Waals surface area contributed by atoms with Crippen molar-refractivity contribution in [3.63, 3.8) is 0 Å². The minimum atomic E-state index is 0.126. The maximum Gasteiger partial charge on any atom is 0.117 e. The highest BCUT2D eigenvalue weighted by Gasteiger charge is 2.19. The summed E-state index contributed by atoms with van der Waals surface area (Å²) in [5.41, 5.74) is 6.91. The number of aromatic nitrogens is 1. The smallest absolute Gasteiger partial charge is 0.117 e. The number of nitrogens with zero attached hydrogens (tertiary/aromatic N) is 2. The molecule has 2 N–H and O–H groups in total. The van der Waals surface area contributed by atoms with Crippen molar-refractivity contribution in [3.8, 4) is 0 Å². The van der Waals surface area contributed by atoms with Gasteiger partial charge in [0, 0.05) is 12.7 Å². The van der Waals surface area contributed by atoms with Gasteiger partial charge in [-0.05, 0) is 30.8 Å². The molecule has 0 bridgehead atoms. The van der Waals surface area contributed by atoms with E-state index in [2.05, 4.69) is 16.8 Å². The molecular weight excluding hydrogens is 226 g/mol. The Hall–Kier alpha value is -1.65. The highest BCUT2D eigenvalue weighted by atomic mass is 16.3. The van der Waals surface area contributed by atoms with Crippen LogP contribution in [-0.4, -0.2) is 23.0 Å². The third kappa shape index (κ3) is 2.97. The second-order valence-corrected chi connectivity index (χ2v) is 4.15. The largest absolute Gasteiger partial charge is 0.468 e. The fraction of sp³-hybridized carbons (Fsp3) is 0.357. The van der Waals surface area contributed by atoms with Crippen molar-refractivity contribution in [2.75, 3.05) is 13.1 Å². The fourth-order valence-corrected chi connectivity index (χ4v) is 2.08. The van der Waals surface area contributed by atoms with E-state index in [1.165, 1.54) is 0 Å². The Balaban J connectivity index is 2.14. The third-order valence-corrected chi connectivity index (χ3v) is 3.04. The van der Waals surface area contributed by atoms with Gasteiger partial charge in [0.2, 0.25) is 0 Å². The summed E-state index contributed by atoms with van der Waals surface area (Å²) in [4.78, 5) is 6.66. The number of likely N-dealkylation sites (N-methyl/N-ethyl adjacent to an activating group) is 1. The first-order valence-electron chi connectivity index (χ1n) is 6.22. The lowest BCUT2D eigenvalue weighted by molar-refractivity contribution is 0.184. The molecule has 0 aliphatic carbocycles. The van der Waals surface area contributed by atoms with Gasteiger partial charge in [0.25, 0.3) is 0 Å². The summed E-state index contributed by atoms with van der Waals surface area (Å²) >= 11 is 0. The zero-order valence-corrected chi connectivity index (χ0v) is 10.6. The van der Waals surface area contributed by atoms with E-state index < -0.39 is 0 Å². The van der Waals surface area contributed by atoms with E-state index in [-0.39, 0.29) is 6.04 Å². The Labute approximate surface area is 107 Å². The van der Waals surface area contributed by atoms with Crippen LogP contribution in [0.2, 0.25) is 0 Å². The van der Waals surface area contributed by atoms with Crippen LogP contribution in [0, 0.1) is 0 Å². The van der Waals surface area contributed by atoms with Gasteiger partial charge in [0.15, 0.2) is 0 Å². The van der Waals surface area contributed by atoms with E-state index in [1.807, 2.05) is 30.3 Å². The van der Waals surface area contributed by atoms with Crippen LogP contribution in [0.25, 0.3) is 0 Å². The highest BCUT2D eigenvalue weighted by molar-refractivity contribution is 5.10. The average molecular weight is 245 g/mol. The van der Waals surface area contributed by atoms with Crippen molar-refractivity contribution in [1.82, 2.24) is 9.88 Å². The Kier molecular flexibility index (Phi) is 4.50. The molecule has 18 heavy (non-hydrogen) atoms. The highest BCUT2D eigenvalue weighted by Crippen LogP contribution is 2.19. The minimum absolute atomic E-state index is 0.126. The van der Waals surface area contributed by atoms with Crippen LogP contribution >= 0.6 is 0 Å². The molecule has 2 rings (SSSR count). The summed E-state index contributed by atoms with van der Waals surface area (Å²) in [5.74, 6) is 0.950. The lowest BCUT2D eigenvalue weighted by Crippen LogP contribution is -2.33. The summed E-state index contributed by atoms with van der Waals surface area (Å²) < 4.78 is 5.39. The zero-order valence-electron chi connectivity index (χ0n) is 10.6. The van der Waals surface area contributed by atoms with Gasteiger partial charge >= 0.3 is 0 Å². The maximum absolute atomic E-state index is 5.90. The van der Waals surface area contributed by atoms with Gasteiger partial charge in [-0.3, -0.25) is 9.88 Å². The van der Waals surface area contributed by atoms with Crippen LogP contribution in [0.15, 0.2) is 47.2 Å². The molecule has 0 aromatic carbocycles. The molecule has 4 nitrogen and oxygen atoms in total. The van der Waals surface area contributed by atoms with Crippen LogP contribution in [0.5, 0.6) is 0 Å². The molecule has 0 saturated carbocycles. The Morgan fingerprint density at radius 2 is 2.22 bits per heavy atom. The summed E-state index contributed by atoms with van der Waals surface area (Å²) in [7, 11) is 0. The van der Waals surface area contributed by atoms with E-state index in [9.17, 15) is 0 Å². The number of rotatable bonds is 6. The van der Waals surface area contributed by atoms with Gasteiger partial charge in [-0.2, -0.15) is 0 Å². The maximum atomic E-state index is 5.90. The first kappa shape index (κ1) is 12.8. The topological polar surface area (TPSA) is 55.3 Å². The van der Waals surface area contributed by atoms with Crippen molar-refractivity contribution in [2.45, 2.75) is 19.5 Å². The molecule has 1 unspecified atom stereocenters. The molecule has 2 heterocycles. The van der Waals surface area contributed by atoms with E-state index in [4.69, 9.17) is 10.2 Å². The first-order valence-corrected chi connectivity index (χ1v) is 6.22. The van der Waals surface area contributed by atoms with Crippen LogP contribution in [0.4, 0.5) is 0 Å². The number of pyridine rings is 1. The molecule has 1 atom stereocenters. The van der Waals surface area contributed by atoms with Crippen LogP contribution in [-0.2, 0) is 6.54 Å². The molecule has 4 heteroatoms. The minimum Gasteiger partial charge on any atom is -0.468 e. The summed E-state index contributed by atoms with van der Waals surface area (Å²) in [6.07, 6.45) is 3.50. The molecule has 0 aliphatic heterocycles. The van der Waals surface area contributed by atoms with Gasteiger partial charge in [-0.1, -0.05) is 13.0 Å². The molecule has 0 aliphatic rings. The number of hydrogen-bond acceptors (Lipinski definition) is 4. The Bertz CT molecular complexity index is 441. The van der Waals surface area contributed by atoms with E-state index >= 15 is 0 Å². The molecule has 96 valence electrons. The summed E-state index contributed by atoms with van der Waals surface area (Å²) in [6, 6.07) is 9.94. The molecule has 2 aromatic rings. The van der Waals surface area contributed by atoms with Crippen molar-refractivity contribution >= 4 is 0 Å². The van der Waals surface area contributed by atoms with Crippen LogP contribution in [0.1, 0.15) is 24.4 Å². The standard InChI is InChI=1S/C14H19N3O/c1-2-17(11-12-6-5-9-18-12)14(10-15)13-7-3-4-8-16-13/h3-9,14H,2,10-11,15H2,1H3. The van der Waals surface area contributed by atoms with Crippen molar-refractivity contribution in [2.24, 2.45) is 5.73 Å². The average Bonchev–Trinajstić information content (AvgIpc) is 2.92. The molecule has 0 fully saturated rings. The van der Waals surface area contributed by atoms with Gasteiger partial charge in [-0.15, -0.1) is 0 Å². The molecule has 0 spiro atoms. The van der Waals surface area contributed by atoms with Crippen LogP contribution in [0.3, 0.4) is 0 Å². The number of nitrogens with two attached hydrogens (primary N) is 1. The second-order valence-electron chi connectivity index (χ2n) is 4.15. The Morgan fingerprint density at radius 1 is 1.33 bits per heavy atom. The van der Waals surface area contributed by atoms with Crippen LogP contribution < -0.4 is 5.73 Å². The zero-order chi connectivity index (χ0) is 12.8. The summed E-state index contributed by atoms with van der Waals surface area (Å²) in [6.45, 7) is 4.32. The lowest BCUT2D eigenvalue weighted by Gasteiger charge is -2.28. The first-order chi connectivity index (χ1) is 8.85. The summed E-state index contributed by atoms with van der Waals surface area (Å²) in [5, 5.41) is 0. The van der Waals surface area contributed by atoms with E-state index in [0.717, 1.165) is 24.5 Å². The number of furan rings is 1. The molecule has 0 saturated heterocycles. The predicted molar refractivity (Wildman–Crippen MR) is 70.8 cm³/mol. The van der Waals surface area contributed by atoms with Gasteiger partial charge in [0.05, 0.1) is 24.5 Å². The van der Waals surface area contributed by atoms with E-state index in [1.54, 1.807) is 12.5 Å². The van der Waals surface area contributed by atoms with Crippen molar-refractivity contribution < 1.29 is 4.42 Å². The third-order valence-electron chi connectivity index (χ3n) is 3.04. The number of hydrogen-bond donors (Lipinski definition) is 1. The fourth-order valence-electron chi connectivity index (χ4n) is 2.08. The van der Waals surface area contributed by atoms with Crippen molar-refractivity contribution in [1.29, 1.82) is 0 Å². The molecule has 0 amide bonds. The van der Waals surface area contributed by atoms with Gasteiger partial charge in [-0.25, -0.2) is 0 Å². The monoisotopic (exact) mass is 245 g/mol. The Morgan fingerprint density at radius 3 is 2.78 bits per heavy atom. The SMILES string of the molecule is CCN(Cc1ccco1)C(CN)c1ccccn1. The van der Waals surface area contributed by atoms with Crippen molar-refractivity contribution in [3.05, 3.63) is 54.2 Å². The molecule has 0 radical (unpaired) electrons. The predicted octanol–water partition coefficient (Wildman–Crippen LogP) is 2.20. The molecule has 2 aromatic heterocycles. The van der Waals surface area contributed by atoms with Gasteiger partial charge in [0.1, 0.15) is 5.76 Å². The quantitative estimate of drug-likeness (QED) is 0.847. The normalized spacial score (nSPS) is 12.8. The second kappa shape index (κ2) is 6.33. The van der Waals surface area contributed by atoms with Gasteiger partial charge < -0.3 is 10.2 Å². The molecular formula is C14H19N3O.